The average molecular weight is 362 g/mol. The molecule has 1 amide bonds. The minimum absolute atomic E-state index is 0.118. The number of rotatable bonds is 6. The number of carbonyl (C=O) groups excluding carboxylic acids is 1. The lowest BCUT2D eigenvalue weighted by atomic mass is 10.1. The fourth-order valence-electron chi connectivity index (χ4n) is 2.76. The number of para-hydroxylation sites is 1. The normalized spacial score (nSPS) is 10.3. The summed E-state index contributed by atoms with van der Waals surface area (Å²) in [5.41, 5.74) is 4.82. The van der Waals surface area contributed by atoms with E-state index in [4.69, 9.17) is 0 Å². The Morgan fingerprint density at radius 3 is 2.63 bits per heavy atom. The number of nitrogens with zero attached hydrogens (tertiary/aromatic N) is 3. The molecule has 0 saturated carbocycles. The van der Waals surface area contributed by atoms with Gasteiger partial charge >= 0.3 is 0 Å². The van der Waals surface area contributed by atoms with Crippen LogP contribution in [0.15, 0.2) is 48.7 Å². The highest BCUT2D eigenvalue weighted by atomic mass is 16.1. The van der Waals surface area contributed by atoms with E-state index in [0.717, 1.165) is 23.4 Å². The van der Waals surface area contributed by atoms with Gasteiger partial charge in [0, 0.05) is 24.0 Å². The van der Waals surface area contributed by atoms with Gasteiger partial charge in [-0.2, -0.15) is 10.1 Å². The minimum atomic E-state index is -0.118. The smallest absolute Gasteiger partial charge is 0.249 e. The van der Waals surface area contributed by atoms with E-state index in [1.807, 2.05) is 43.3 Å². The zero-order valence-electron chi connectivity index (χ0n) is 15.6. The third kappa shape index (κ3) is 4.78. The highest BCUT2D eigenvalue weighted by molar-refractivity contribution is 5.89. The van der Waals surface area contributed by atoms with Crippen LogP contribution >= 0.6 is 0 Å². The molecule has 1 aromatic heterocycles. The van der Waals surface area contributed by atoms with Crippen LogP contribution in [0.2, 0.25) is 0 Å². The Hall–Kier alpha value is -3.48. The molecule has 0 aliphatic heterocycles. The van der Waals surface area contributed by atoms with Crippen LogP contribution in [0.3, 0.4) is 0 Å². The Bertz CT molecular complexity index is 957. The van der Waals surface area contributed by atoms with Gasteiger partial charge in [-0.25, -0.2) is 0 Å². The number of hydrogen-bond acceptors (Lipinski definition) is 6. The summed E-state index contributed by atoms with van der Waals surface area (Å²) < 4.78 is 0. The second-order valence-electron chi connectivity index (χ2n) is 6.14. The molecule has 7 heteroatoms. The highest BCUT2D eigenvalue weighted by Crippen LogP contribution is 2.24. The molecule has 1 heterocycles. The number of aryl methyl sites for hydroxylation is 2. The number of amides is 1. The maximum atomic E-state index is 11.2. The van der Waals surface area contributed by atoms with Gasteiger partial charge in [0.25, 0.3) is 0 Å². The van der Waals surface area contributed by atoms with E-state index in [1.54, 1.807) is 6.20 Å². The van der Waals surface area contributed by atoms with Gasteiger partial charge in [-0.1, -0.05) is 31.2 Å². The maximum absolute atomic E-state index is 11.2. The molecule has 0 aliphatic rings. The molecule has 0 saturated heterocycles. The fraction of sp³-hybridized carbons (Fsp3) is 0.200. The zero-order chi connectivity index (χ0) is 19.2. The van der Waals surface area contributed by atoms with Gasteiger partial charge < -0.3 is 16.0 Å². The van der Waals surface area contributed by atoms with E-state index < -0.39 is 0 Å². The molecule has 0 radical (unpaired) electrons. The van der Waals surface area contributed by atoms with Crippen LogP contribution in [0.5, 0.6) is 0 Å². The summed E-state index contributed by atoms with van der Waals surface area (Å²) in [5, 5.41) is 17.3. The Labute approximate surface area is 158 Å². The van der Waals surface area contributed by atoms with E-state index in [-0.39, 0.29) is 5.91 Å². The lowest BCUT2D eigenvalue weighted by Crippen LogP contribution is -2.06. The molecule has 27 heavy (non-hydrogen) atoms. The first-order chi connectivity index (χ1) is 13.0. The van der Waals surface area contributed by atoms with Crippen LogP contribution in [0.25, 0.3) is 0 Å². The number of hydrogen-bond donors (Lipinski definition) is 3. The molecule has 0 unspecified atom stereocenters. The number of anilines is 5. The van der Waals surface area contributed by atoms with Crippen molar-refractivity contribution in [2.24, 2.45) is 0 Å². The van der Waals surface area contributed by atoms with Crippen molar-refractivity contribution in [2.75, 3.05) is 16.0 Å². The molecular weight excluding hydrogens is 340 g/mol. The summed E-state index contributed by atoms with van der Waals surface area (Å²) >= 11 is 0. The summed E-state index contributed by atoms with van der Waals surface area (Å²) in [6.07, 6.45) is 2.46. The second kappa shape index (κ2) is 8.27. The van der Waals surface area contributed by atoms with Crippen molar-refractivity contribution in [2.45, 2.75) is 27.2 Å². The van der Waals surface area contributed by atoms with Gasteiger partial charge in [0.1, 0.15) is 0 Å². The van der Waals surface area contributed by atoms with Crippen molar-refractivity contribution in [3.63, 3.8) is 0 Å². The molecule has 3 rings (SSSR count). The van der Waals surface area contributed by atoms with Gasteiger partial charge in [-0.05, 0) is 42.7 Å². The minimum Gasteiger partial charge on any atom is -0.339 e. The predicted octanol–water partition coefficient (Wildman–Crippen LogP) is 4.19. The van der Waals surface area contributed by atoms with Crippen molar-refractivity contribution in [3.05, 3.63) is 59.8 Å². The summed E-state index contributed by atoms with van der Waals surface area (Å²) in [5.74, 6) is 0.855. The van der Waals surface area contributed by atoms with Crippen molar-refractivity contribution in [1.29, 1.82) is 0 Å². The Morgan fingerprint density at radius 2 is 1.85 bits per heavy atom. The lowest BCUT2D eigenvalue weighted by Gasteiger charge is -2.13. The third-order valence-electron chi connectivity index (χ3n) is 3.99. The van der Waals surface area contributed by atoms with Gasteiger partial charge in [0.05, 0.1) is 6.20 Å². The molecule has 2 aromatic carbocycles. The van der Waals surface area contributed by atoms with Crippen molar-refractivity contribution >= 4 is 34.7 Å². The van der Waals surface area contributed by atoms with E-state index in [9.17, 15) is 4.79 Å². The number of benzene rings is 2. The lowest BCUT2D eigenvalue weighted by molar-refractivity contribution is -0.114. The predicted molar refractivity (Wildman–Crippen MR) is 108 cm³/mol. The fourth-order valence-corrected chi connectivity index (χ4v) is 2.76. The summed E-state index contributed by atoms with van der Waals surface area (Å²) in [4.78, 5) is 15.7. The van der Waals surface area contributed by atoms with Gasteiger partial charge in [0.2, 0.25) is 11.9 Å². The zero-order valence-corrected chi connectivity index (χ0v) is 15.6. The van der Waals surface area contributed by atoms with Gasteiger partial charge in [0.15, 0.2) is 5.82 Å². The Balaban J connectivity index is 1.80. The van der Waals surface area contributed by atoms with E-state index >= 15 is 0 Å². The highest BCUT2D eigenvalue weighted by Gasteiger charge is 2.08. The average Bonchev–Trinajstić information content (AvgIpc) is 2.63. The van der Waals surface area contributed by atoms with Crippen LogP contribution in [-0.4, -0.2) is 21.1 Å². The first-order valence-corrected chi connectivity index (χ1v) is 8.75. The Kier molecular flexibility index (Phi) is 5.61. The number of nitrogens with one attached hydrogen (secondary N) is 3. The van der Waals surface area contributed by atoms with Crippen molar-refractivity contribution in [1.82, 2.24) is 15.2 Å². The van der Waals surface area contributed by atoms with Gasteiger partial charge in [-0.3, -0.25) is 4.79 Å². The van der Waals surface area contributed by atoms with Crippen molar-refractivity contribution in [3.8, 4) is 0 Å². The van der Waals surface area contributed by atoms with E-state index in [2.05, 4.69) is 44.1 Å². The Morgan fingerprint density at radius 1 is 1.07 bits per heavy atom. The number of carbonyl (C=O) groups is 1. The second-order valence-corrected chi connectivity index (χ2v) is 6.14. The summed E-state index contributed by atoms with van der Waals surface area (Å²) in [6.45, 7) is 5.63. The van der Waals surface area contributed by atoms with Crippen LogP contribution in [0, 0.1) is 6.92 Å². The first-order valence-electron chi connectivity index (χ1n) is 8.75. The molecule has 138 valence electrons. The molecular formula is C20H22N6O. The third-order valence-corrected chi connectivity index (χ3v) is 3.99. The molecule has 3 aromatic rings. The molecule has 7 nitrogen and oxygen atoms in total. The largest absolute Gasteiger partial charge is 0.339 e. The van der Waals surface area contributed by atoms with Gasteiger partial charge in [-0.15, -0.1) is 5.10 Å². The molecule has 0 atom stereocenters. The monoisotopic (exact) mass is 362 g/mol. The van der Waals surface area contributed by atoms with Crippen LogP contribution in [0.1, 0.15) is 25.0 Å². The number of aromatic nitrogens is 3. The summed E-state index contributed by atoms with van der Waals surface area (Å²) in [6, 6.07) is 13.6. The van der Waals surface area contributed by atoms with Crippen molar-refractivity contribution < 1.29 is 4.79 Å². The maximum Gasteiger partial charge on any atom is 0.249 e. The topological polar surface area (TPSA) is 91.8 Å². The van der Waals surface area contributed by atoms with E-state index in [1.165, 1.54) is 12.5 Å². The first kappa shape index (κ1) is 18.3. The molecule has 0 bridgehead atoms. The SMILES string of the molecule is CCc1cccc(C)c1Nc1nncc(Nc2cccc(NC(C)=O)c2)n1. The standard InChI is InChI=1S/C20H22N6O/c1-4-15-8-5-7-13(2)19(15)25-20-24-18(12-21-26-20)23-17-10-6-9-16(11-17)22-14(3)27/h5-12H,4H2,1-3H3,(H,22,27)(H2,23,24,25,26). The van der Waals surface area contributed by atoms with E-state index in [0.29, 0.717) is 17.5 Å². The van der Waals surface area contributed by atoms with Crippen LogP contribution in [-0.2, 0) is 11.2 Å². The molecule has 0 fully saturated rings. The van der Waals surface area contributed by atoms with Crippen LogP contribution in [0.4, 0.5) is 28.8 Å². The molecule has 3 N–H and O–H groups in total. The molecule has 0 aliphatic carbocycles. The summed E-state index contributed by atoms with van der Waals surface area (Å²) in [7, 11) is 0. The quantitative estimate of drug-likeness (QED) is 0.609. The molecule has 0 spiro atoms. The van der Waals surface area contributed by atoms with Crippen LogP contribution < -0.4 is 16.0 Å².